The lowest BCUT2D eigenvalue weighted by Crippen LogP contribution is -1.96. The van der Waals surface area contributed by atoms with Crippen LogP contribution < -0.4 is 11.5 Å². The number of nitrogens with two attached hydrogens (primary N) is 2. The fourth-order valence-corrected chi connectivity index (χ4v) is 1.81. The van der Waals surface area contributed by atoms with Crippen molar-refractivity contribution < 1.29 is 0 Å². The summed E-state index contributed by atoms with van der Waals surface area (Å²) in [5.41, 5.74) is 15.7. The maximum Gasteiger partial charge on any atom is 0.0393 e. The van der Waals surface area contributed by atoms with Gasteiger partial charge in [-0.25, -0.2) is 0 Å². The van der Waals surface area contributed by atoms with Crippen molar-refractivity contribution in [3.63, 3.8) is 0 Å². The van der Waals surface area contributed by atoms with E-state index in [0.717, 1.165) is 33.3 Å². The number of aryl methyl sites for hydroxylation is 2. The molecule has 0 saturated carbocycles. The largest absolute Gasteiger partial charge is 0.398 e. The topological polar surface area (TPSA) is 52.0 Å². The second kappa shape index (κ2) is 2.91. The third kappa shape index (κ3) is 1.11. The van der Waals surface area contributed by atoms with Gasteiger partial charge in [-0.3, -0.25) is 0 Å². The molecular weight excluding hydrogens is 172 g/mol. The van der Waals surface area contributed by atoms with Crippen LogP contribution in [0.15, 0.2) is 24.3 Å². The van der Waals surface area contributed by atoms with Crippen LogP contribution in [0.2, 0.25) is 0 Å². The van der Waals surface area contributed by atoms with Gasteiger partial charge < -0.3 is 11.5 Å². The number of anilines is 2. The molecule has 0 fully saturated rings. The molecule has 0 radical (unpaired) electrons. The fraction of sp³-hybridized carbons (Fsp3) is 0.167. The van der Waals surface area contributed by atoms with Crippen molar-refractivity contribution in [3.05, 3.63) is 35.4 Å². The Balaban J connectivity index is 2.98. The van der Waals surface area contributed by atoms with E-state index >= 15 is 0 Å². The van der Waals surface area contributed by atoms with Crippen molar-refractivity contribution in [2.45, 2.75) is 13.8 Å². The van der Waals surface area contributed by atoms with Gasteiger partial charge in [0.05, 0.1) is 0 Å². The zero-order valence-electron chi connectivity index (χ0n) is 8.46. The number of benzene rings is 2. The molecule has 2 rings (SSSR count). The molecule has 0 aliphatic heterocycles. The summed E-state index contributed by atoms with van der Waals surface area (Å²) in [5, 5.41) is 2.24. The number of nitrogen functional groups attached to an aromatic ring is 2. The van der Waals surface area contributed by atoms with Gasteiger partial charge in [0.25, 0.3) is 0 Å². The maximum atomic E-state index is 5.96. The summed E-state index contributed by atoms with van der Waals surface area (Å²) in [4.78, 5) is 0. The summed E-state index contributed by atoms with van der Waals surface area (Å²) in [7, 11) is 0. The quantitative estimate of drug-likeness (QED) is 0.621. The van der Waals surface area contributed by atoms with Crippen molar-refractivity contribution >= 4 is 22.1 Å². The average molecular weight is 186 g/mol. The molecule has 0 amide bonds. The minimum absolute atomic E-state index is 0.814. The van der Waals surface area contributed by atoms with Crippen LogP contribution in [0.5, 0.6) is 0 Å². The van der Waals surface area contributed by atoms with Gasteiger partial charge in [-0.1, -0.05) is 12.1 Å². The maximum absolute atomic E-state index is 5.96. The summed E-state index contributed by atoms with van der Waals surface area (Å²) in [5.74, 6) is 0. The van der Waals surface area contributed by atoms with Crippen LogP contribution in [-0.2, 0) is 0 Å². The molecule has 2 aromatic carbocycles. The molecule has 0 saturated heterocycles. The Morgan fingerprint density at radius 1 is 1.00 bits per heavy atom. The molecule has 0 bridgehead atoms. The minimum Gasteiger partial charge on any atom is -0.398 e. The fourth-order valence-electron chi connectivity index (χ4n) is 1.81. The van der Waals surface area contributed by atoms with Crippen molar-refractivity contribution in [2.75, 3.05) is 11.5 Å². The molecule has 72 valence electrons. The van der Waals surface area contributed by atoms with Crippen molar-refractivity contribution in [1.29, 1.82) is 0 Å². The van der Waals surface area contributed by atoms with E-state index in [1.807, 2.05) is 32.0 Å². The molecule has 0 aliphatic carbocycles. The Kier molecular flexibility index (Phi) is 1.84. The normalized spacial score (nSPS) is 10.7. The molecule has 0 unspecified atom stereocenters. The van der Waals surface area contributed by atoms with Gasteiger partial charge in [0, 0.05) is 16.8 Å². The Morgan fingerprint density at radius 2 is 1.71 bits per heavy atom. The lowest BCUT2D eigenvalue weighted by Gasteiger charge is -2.10. The van der Waals surface area contributed by atoms with Gasteiger partial charge in [0.15, 0.2) is 0 Å². The van der Waals surface area contributed by atoms with Crippen LogP contribution >= 0.6 is 0 Å². The first-order chi connectivity index (χ1) is 6.61. The molecule has 0 aliphatic rings. The van der Waals surface area contributed by atoms with E-state index in [1.165, 1.54) is 0 Å². The lowest BCUT2D eigenvalue weighted by molar-refractivity contribution is 1.43. The first-order valence-electron chi connectivity index (χ1n) is 4.65. The van der Waals surface area contributed by atoms with Gasteiger partial charge >= 0.3 is 0 Å². The predicted octanol–water partition coefficient (Wildman–Crippen LogP) is 2.62. The van der Waals surface area contributed by atoms with Crippen LogP contribution in [0.25, 0.3) is 10.8 Å². The van der Waals surface area contributed by atoms with Crippen LogP contribution in [0.3, 0.4) is 0 Å². The zero-order chi connectivity index (χ0) is 10.3. The molecule has 14 heavy (non-hydrogen) atoms. The second-order valence-corrected chi connectivity index (χ2v) is 3.67. The van der Waals surface area contributed by atoms with E-state index in [9.17, 15) is 0 Å². The highest BCUT2D eigenvalue weighted by molar-refractivity contribution is 5.98. The van der Waals surface area contributed by atoms with E-state index in [-0.39, 0.29) is 0 Å². The van der Waals surface area contributed by atoms with Crippen molar-refractivity contribution in [1.82, 2.24) is 0 Å². The van der Waals surface area contributed by atoms with Gasteiger partial charge in [0.2, 0.25) is 0 Å². The monoisotopic (exact) mass is 186 g/mol. The molecule has 2 heteroatoms. The number of hydrogen-bond donors (Lipinski definition) is 2. The van der Waals surface area contributed by atoms with E-state index in [0.29, 0.717) is 0 Å². The molecule has 0 spiro atoms. The Morgan fingerprint density at radius 3 is 2.43 bits per heavy atom. The third-order valence-electron chi connectivity index (χ3n) is 2.73. The highest BCUT2D eigenvalue weighted by Crippen LogP contribution is 2.30. The van der Waals surface area contributed by atoms with Gasteiger partial charge in [-0.15, -0.1) is 0 Å². The summed E-state index contributed by atoms with van der Waals surface area (Å²) in [6.45, 7) is 4.04. The first-order valence-corrected chi connectivity index (χ1v) is 4.65. The average Bonchev–Trinajstić information content (AvgIpc) is 2.17. The smallest absolute Gasteiger partial charge is 0.0393 e. The molecule has 0 aromatic heterocycles. The Hall–Kier alpha value is -1.70. The summed E-state index contributed by atoms with van der Waals surface area (Å²) < 4.78 is 0. The molecule has 2 aromatic rings. The number of hydrogen-bond acceptors (Lipinski definition) is 2. The van der Waals surface area contributed by atoms with Crippen LogP contribution in [0.4, 0.5) is 11.4 Å². The van der Waals surface area contributed by atoms with Crippen LogP contribution in [-0.4, -0.2) is 0 Å². The highest BCUT2D eigenvalue weighted by atomic mass is 14.6. The van der Waals surface area contributed by atoms with Crippen molar-refractivity contribution in [3.8, 4) is 0 Å². The summed E-state index contributed by atoms with van der Waals surface area (Å²) in [6.07, 6.45) is 0. The molecule has 2 nitrogen and oxygen atoms in total. The Labute approximate surface area is 83.5 Å². The van der Waals surface area contributed by atoms with Crippen molar-refractivity contribution in [2.24, 2.45) is 0 Å². The van der Waals surface area contributed by atoms with E-state index in [4.69, 9.17) is 11.5 Å². The molecule has 0 atom stereocenters. The number of fused-ring (bicyclic) bond motifs is 1. The molecule has 4 N–H and O–H groups in total. The van der Waals surface area contributed by atoms with E-state index in [1.54, 1.807) is 0 Å². The predicted molar refractivity (Wildman–Crippen MR) is 62.2 cm³/mol. The minimum atomic E-state index is 0.814. The van der Waals surface area contributed by atoms with Gasteiger partial charge in [0.1, 0.15) is 0 Å². The van der Waals surface area contributed by atoms with Gasteiger partial charge in [-0.05, 0) is 42.5 Å². The van der Waals surface area contributed by atoms with Gasteiger partial charge in [-0.2, -0.15) is 0 Å². The van der Waals surface area contributed by atoms with Crippen LogP contribution in [0.1, 0.15) is 11.1 Å². The standard InChI is InChI=1S/C12H14N2/c1-7-6-10-9(8(2)12(7)14)4-3-5-11(10)13/h3-6H,13-14H2,1-2H3. The number of rotatable bonds is 0. The van der Waals surface area contributed by atoms with E-state index in [2.05, 4.69) is 6.07 Å². The molecular formula is C12H14N2. The third-order valence-corrected chi connectivity index (χ3v) is 2.73. The lowest BCUT2D eigenvalue weighted by atomic mass is 9.99. The summed E-state index contributed by atoms with van der Waals surface area (Å²) in [6, 6.07) is 7.97. The summed E-state index contributed by atoms with van der Waals surface area (Å²) >= 11 is 0. The highest BCUT2D eigenvalue weighted by Gasteiger charge is 2.05. The first kappa shape index (κ1) is 8.88. The Bertz CT molecular complexity index is 501. The van der Waals surface area contributed by atoms with E-state index < -0.39 is 0 Å². The zero-order valence-corrected chi connectivity index (χ0v) is 8.46. The SMILES string of the molecule is Cc1cc2c(N)cccc2c(C)c1N. The second-order valence-electron chi connectivity index (χ2n) is 3.67. The van der Waals surface area contributed by atoms with Crippen LogP contribution in [0, 0.1) is 13.8 Å². The molecule has 0 heterocycles.